The van der Waals surface area contributed by atoms with Gasteiger partial charge < -0.3 is 20.4 Å². The first-order valence-electron chi connectivity index (χ1n) is 5.30. The topological polar surface area (TPSA) is 149 Å². The molecule has 0 aromatic carbocycles. The minimum Gasteiger partial charge on any atom is -0.481 e. The summed E-state index contributed by atoms with van der Waals surface area (Å²) in [6.07, 6.45) is -0.655. The summed E-state index contributed by atoms with van der Waals surface area (Å²) in [5.41, 5.74) is -1.16. The van der Waals surface area contributed by atoms with Crippen LogP contribution in [0.25, 0.3) is 0 Å². The zero-order chi connectivity index (χ0) is 15.8. The van der Waals surface area contributed by atoms with Gasteiger partial charge in [-0.15, -0.1) is 0 Å². The highest BCUT2D eigenvalue weighted by Gasteiger charge is 2.29. The van der Waals surface area contributed by atoms with Gasteiger partial charge in [0.2, 0.25) is 0 Å². The van der Waals surface area contributed by atoms with E-state index in [1.165, 1.54) is 20.8 Å². The van der Waals surface area contributed by atoms with Crippen molar-refractivity contribution in [2.24, 2.45) is 11.3 Å². The average molecular weight is 278 g/mol. The van der Waals surface area contributed by atoms with Gasteiger partial charge in [-0.2, -0.15) is 0 Å². The summed E-state index contributed by atoms with van der Waals surface area (Å²) < 4.78 is 0. The van der Waals surface area contributed by atoms with Gasteiger partial charge in [0, 0.05) is 0 Å². The minimum absolute atomic E-state index is 0.310. The van der Waals surface area contributed by atoms with Gasteiger partial charge in [-0.05, 0) is 13.8 Å². The van der Waals surface area contributed by atoms with Gasteiger partial charge in [0.25, 0.3) is 0 Å². The Kier molecular flexibility index (Phi) is 8.16. The Hall–Kier alpha value is -2.12. The molecule has 0 amide bonds. The van der Waals surface area contributed by atoms with Crippen LogP contribution in [-0.2, 0) is 19.2 Å². The Morgan fingerprint density at radius 2 is 1.37 bits per heavy atom. The van der Waals surface area contributed by atoms with Crippen molar-refractivity contribution >= 4 is 23.9 Å². The van der Waals surface area contributed by atoms with Gasteiger partial charge in [-0.3, -0.25) is 19.2 Å². The first kappa shape index (κ1) is 19.2. The lowest BCUT2D eigenvalue weighted by atomic mass is 9.90. The predicted octanol–water partition coefficient (Wildman–Crippen LogP) is 0.754. The molecule has 0 aromatic heterocycles. The molecule has 0 aromatic rings. The minimum atomic E-state index is -1.16. The van der Waals surface area contributed by atoms with Crippen LogP contribution in [-0.4, -0.2) is 44.3 Å². The van der Waals surface area contributed by atoms with Gasteiger partial charge in [0.05, 0.1) is 24.2 Å². The molecule has 1 atom stereocenters. The van der Waals surface area contributed by atoms with Gasteiger partial charge in [-0.1, -0.05) is 6.92 Å². The summed E-state index contributed by atoms with van der Waals surface area (Å²) in [4.78, 5) is 40.2. The lowest BCUT2D eigenvalue weighted by Gasteiger charge is -2.14. The Morgan fingerprint density at radius 1 is 0.947 bits per heavy atom. The molecule has 0 radical (unpaired) electrons. The van der Waals surface area contributed by atoms with Crippen molar-refractivity contribution in [3.8, 4) is 0 Å². The number of rotatable bonds is 6. The van der Waals surface area contributed by atoms with Gasteiger partial charge >= 0.3 is 23.9 Å². The molecule has 110 valence electrons. The molecule has 8 heteroatoms. The van der Waals surface area contributed by atoms with E-state index in [1.807, 2.05) is 0 Å². The van der Waals surface area contributed by atoms with E-state index in [0.717, 1.165) is 0 Å². The summed E-state index contributed by atoms with van der Waals surface area (Å²) in [5, 5.41) is 32.9. The van der Waals surface area contributed by atoms with Crippen LogP contribution in [0.5, 0.6) is 0 Å². The van der Waals surface area contributed by atoms with E-state index in [2.05, 4.69) is 0 Å². The fourth-order valence-electron chi connectivity index (χ4n) is 0.803. The van der Waals surface area contributed by atoms with Crippen molar-refractivity contribution < 1.29 is 39.6 Å². The van der Waals surface area contributed by atoms with Crippen LogP contribution in [0.1, 0.15) is 33.6 Å². The second-order valence-electron chi connectivity index (χ2n) is 4.60. The Bertz CT molecular complexity index is 358. The zero-order valence-electron chi connectivity index (χ0n) is 10.9. The van der Waals surface area contributed by atoms with E-state index in [-0.39, 0.29) is 12.8 Å². The molecule has 0 aliphatic carbocycles. The maximum absolute atomic E-state index is 10.3. The molecule has 0 bridgehead atoms. The molecule has 0 spiro atoms. The van der Waals surface area contributed by atoms with Crippen molar-refractivity contribution in [3.05, 3.63) is 0 Å². The molecule has 0 aliphatic heterocycles. The largest absolute Gasteiger partial charge is 0.481 e. The monoisotopic (exact) mass is 278 g/mol. The molecular formula is C11H18O8. The highest BCUT2D eigenvalue weighted by Crippen LogP contribution is 2.19. The van der Waals surface area contributed by atoms with Crippen LogP contribution in [0.2, 0.25) is 0 Å². The molecule has 0 saturated heterocycles. The second kappa shape index (κ2) is 8.06. The number of carboxylic acids is 4. The third kappa shape index (κ3) is 10.7. The molecule has 0 aliphatic rings. The summed E-state index contributed by atoms with van der Waals surface area (Å²) in [7, 11) is 0. The lowest BCUT2D eigenvalue weighted by Crippen LogP contribution is -2.26. The first-order chi connectivity index (χ1) is 8.40. The molecule has 1 unspecified atom stereocenters. The molecule has 19 heavy (non-hydrogen) atoms. The van der Waals surface area contributed by atoms with E-state index in [1.54, 1.807) is 0 Å². The normalized spacial score (nSPS) is 11.7. The van der Waals surface area contributed by atoms with Gasteiger partial charge in [0.15, 0.2) is 0 Å². The lowest BCUT2D eigenvalue weighted by molar-refractivity contribution is -0.153. The Morgan fingerprint density at radius 3 is 1.47 bits per heavy atom. The molecule has 0 rings (SSSR count). The maximum atomic E-state index is 10.3. The molecular weight excluding hydrogens is 260 g/mol. The number of carbonyl (C=O) groups is 4. The van der Waals surface area contributed by atoms with E-state index >= 15 is 0 Å². The molecule has 0 saturated carbocycles. The smallest absolute Gasteiger partial charge is 0.309 e. The number of aliphatic carboxylic acids is 4. The third-order valence-corrected chi connectivity index (χ3v) is 2.07. The first-order valence-corrected chi connectivity index (χ1v) is 5.30. The van der Waals surface area contributed by atoms with E-state index in [4.69, 9.17) is 20.4 Å². The van der Waals surface area contributed by atoms with Crippen molar-refractivity contribution in [2.75, 3.05) is 0 Å². The predicted molar refractivity (Wildman–Crippen MR) is 62.7 cm³/mol. The molecule has 4 N–H and O–H groups in total. The van der Waals surface area contributed by atoms with Crippen molar-refractivity contribution in [2.45, 2.75) is 33.6 Å². The molecule has 0 fully saturated rings. The standard InChI is InChI=1S/C6H10O4.C5H8O4/c1-6(2,5(9)10)3-4(7)8;1-3(5(8)9)2-4(6)7/h3H2,1-2H3,(H,7,8)(H,9,10);3H,2H2,1H3,(H,6,7)(H,8,9). The van der Waals surface area contributed by atoms with Gasteiger partial charge in [0.1, 0.15) is 0 Å². The molecule has 8 nitrogen and oxygen atoms in total. The summed E-state index contributed by atoms with van der Waals surface area (Å²) in [5.74, 6) is -5.12. The van der Waals surface area contributed by atoms with Gasteiger partial charge in [-0.25, -0.2) is 0 Å². The average Bonchev–Trinajstić information content (AvgIpc) is 2.14. The second-order valence-corrected chi connectivity index (χ2v) is 4.60. The highest BCUT2D eigenvalue weighted by atomic mass is 16.4. The Balaban J connectivity index is 0. The highest BCUT2D eigenvalue weighted by molar-refractivity contribution is 5.80. The van der Waals surface area contributed by atoms with Crippen LogP contribution in [0, 0.1) is 11.3 Å². The van der Waals surface area contributed by atoms with E-state index < -0.39 is 35.2 Å². The summed E-state index contributed by atoms with van der Waals surface area (Å²) in [6.45, 7) is 4.11. The maximum Gasteiger partial charge on any atom is 0.309 e. The van der Waals surface area contributed by atoms with Crippen molar-refractivity contribution in [1.82, 2.24) is 0 Å². The van der Waals surface area contributed by atoms with E-state index in [0.29, 0.717) is 0 Å². The van der Waals surface area contributed by atoms with Crippen molar-refractivity contribution in [3.63, 3.8) is 0 Å². The summed E-state index contributed by atoms with van der Waals surface area (Å²) >= 11 is 0. The number of hydrogen-bond donors (Lipinski definition) is 4. The SMILES string of the molecule is CC(C)(CC(=O)O)C(=O)O.CC(CC(=O)O)C(=O)O. The molecule has 0 heterocycles. The van der Waals surface area contributed by atoms with Crippen LogP contribution >= 0.6 is 0 Å². The van der Waals surface area contributed by atoms with Crippen molar-refractivity contribution in [1.29, 1.82) is 0 Å². The van der Waals surface area contributed by atoms with E-state index in [9.17, 15) is 19.2 Å². The summed E-state index contributed by atoms with van der Waals surface area (Å²) in [6, 6.07) is 0. The quantitative estimate of drug-likeness (QED) is 0.556. The van der Waals surface area contributed by atoms with Crippen LogP contribution in [0.3, 0.4) is 0 Å². The third-order valence-electron chi connectivity index (χ3n) is 2.07. The fraction of sp³-hybridized carbons (Fsp3) is 0.636. The van der Waals surface area contributed by atoms with Crippen LogP contribution in [0.15, 0.2) is 0 Å². The Labute approximate surface area is 109 Å². The van der Waals surface area contributed by atoms with Crippen LogP contribution in [0.4, 0.5) is 0 Å². The zero-order valence-corrected chi connectivity index (χ0v) is 10.9. The fourth-order valence-corrected chi connectivity index (χ4v) is 0.803. The van der Waals surface area contributed by atoms with Crippen LogP contribution < -0.4 is 0 Å². The number of hydrogen-bond acceptors (Lipinski definition) is 4. The number of carboxylic acid groups (broad SMARTS) is 4.